The molecule has 0 aliphatic rings. The third-order valence-corrected chi connectivity index (χ3v) is 3.70. The summed E-state index contributed by atoms with van der Waals surface area (Å²) in [6.07, 6.45) is 7.78. The van der Waals surface area contributed by atoms with Gasteiger partial charge in [-0.15, -0.1) is 0 Å². The summed E-state index contributed by atoms with van der Waals surface area (Å²) in [6, 6.07) is 4.74. The molecule has 0 amide bonds. The molecule has 3 heteroatoms. The summed E-state index contributed by atoms with van der Waals surface area (Å²) in [5.74, 6) is -0.160. The Labute approximate surface area is 123 Å². The molecule has 0 heterocycles. The van der Waals surface area contributed by atoms with E-state index in [-0.39, 0.29) is 18.0 Å². The first-order valence-electron chi connectivity index (χ1n) is 7.09. The van der Waals surface area contributed by atoms with Gasteiger partial charge in [0.2, 0.25) is 0 Å². The van der Waals surface area contributed by atoms with Crippen molar-refractivity contribution < 1.29 is 9.18 Å². The van der Waals surface area contributed by atoms with Gasteiger partial charge in [-0.2, -0.15) is 0 Å². The average molecular weight is 329 g/mol. The number of hydrogen-bond acceptors (Lipinski definition) is 1. The Balaban J connectivity index is 2.25. The number of hydrogen-bond donors (Lipinski definition) is 0. The number of rotatable bonds is 9. The fourth-order valence-electron chi connectivity index (χ4n) is 2.08. The minimum absolute atomic E-state index is 0.132. The van der Waals surface area contributed by atoms with E-state index in [0.29, 0.717) is 12.0 Å². The molecule has 1 aromatic carbocycles. The maximum Gasteiger partial charge on any atom is 0.137 e. The molecule has 0 N–H and O–H groups in total. The Bertz CT molecular complexity index is 404. The van der Waals surface area contributed by atoms with E-state index in [2.05, 4.69) is 22.9 Å². The fraction of sp³-hybridized carbons (Fsp3) is 0.562. The third-order valence-electron chi connectivity index (χ3n) is 3.20. The van der Waals surface area contributed by atoms with Gasteiger partial charge in [0.15, 0.2) is 0 Å². The van der Waals surface area contributed by atoms with E-state index >= 15 is 0 Å². The van der Waals surface area contributed by atoms with Gasteiger partial charge < -0.3 is 0 Å². The molecule has 0 aliphatic heterocycles. The van der Waals surface area contributed by atoms with Crippen LogP contribution in [0.15, 0.2) is 22.7 Å². The lowest BCUT2D eigenvalue weighted by Gasteiger charge is -2.04. The highest BCUT2D eigenvalue weighted by Gasteiger charge is 2.08. The molecule has 19 heavy (non-hydrogen) atoms. The predicted molar refractivity (Wildman–Crippen MR) is 80.8 cm³/mol. The quantitative estimate of drug-likeness (QED) is 0.551. The zero-order valence-corrected chi connectivity index (χ0v) is 13.1. The second-order valence-electron chi connectivity index (χ2n) is 4.97. The normalized spacial score (nSPS) is 10.7. The zero-order chi connectivity index (χ0) is 14.1. The van der Waals surface area contributed by atoms with Crippen LogP contribution in [0.2, 0.25) is 0 Å². The van der Waals surface area contributed by atoms with Gasteiger partial charge in [0, 0.05) is 17.3 Å². The van der Waals surface area contributed by atoms with Gasteiger partial charge >= 0.3 is 0 Å². The summed E-state index contributed by atoms with van der Waals surface area (Å²) in [6.45, 7) is 2.19. The van der Waals surface area contributed by atoms with Crippen LogP contribution in [0.3, 0.4) is 0 Å². The predicted octanol–water partition coefficient (Wildman–Crippen LogP) is 5.45. The van der Waals surface area contributed by atoms with Gasteiger partial charge in [0.25, 0.3) is 0 Å². The molecule has 0 spiro atoms. The topological polar surface area (TPSA) is 17.1 Å². The van der Waals surface area contributed by atoms with Gasteiger partial charge in [0.1, 0.15) is 11.6 Å². The van der Waals surface area contributed by atoms with Crippen LogP contribution in [0.4, 0.5) is 4.39 Å². The molecule has 1 aromatic rings. The molecule has 1 nitrogen and oxygen atoms in total. The molecule has 0 saturated heterocycles. The Hall–Kier alpha value is -0.700. The Morgan fingerprint density at radius 1 is 1.16 bits per heavy atom. The molecule has 106 valence electrons. The highest BCUT2D eigenvalue weighted by Crippen LogP contribution is 2.17. The number of carbonyl (C=O) groups is 1. The Morgan fingerprint density at radius 3 is 2.58 bits per heavy atom. The molecule has 0 bridgehead atoms. The summed E-state index contributed by atoms with van der Waals surface area (Å²) in [4.78, 5) is 11.8. The van der Waals surface area contributed by atoms with Crippen LogP contribution in [0.5, 0.6) is 0 Å². The smallest absolute Gasteiger partial charge is 0.137 e. The zero-order valence-electron chi connectivity index (χ0n) is 11.6. The summed E-state index contributed by atoms with van der Waals surface area (Å²) in [7, 11) is 0. The summed E-state index contributed by atoms with van der Waals surface area (Å²) in [5, 5.41) is 0. The van der Waals surface area contributed by atoms with Crippen LogP contribution in [0.25, 0.3) is 0 Å². The summed E-state index contributed by atoms with van der Waals surface area (Å²) < 4.78 is 14.3. The van der Waals surface area contributed by atoms with Crippen molar-refractivity contribution in [3.05, 3.63) is 34.1 Å². The van der Waals surface area contributed by atoms with Crippen molar-refractivity contribution in [2.75, 3.05) is 0 Å². The molecule has 0 aromatic heterocycles. The lowest BCUT2D eigenvalue weighted by molar-refractivity contribution is -0.118. The number of halogens is 2. The molecule has 0 fully saturated rings. The van der Waals surface area contributed by atoms with Gasteiger partial charge in [-0.1, -0.05) is 55.0 Å². The number of unbranched alkanes of at least 4 members (excludes halogenated alkanes) is 5. The summed E-state index contributed by atoms with van der Waals surface area (Å²) >= 11 is 3.30. The first-order chi connectivity index (χ1) is 9.13. The molecular weight excluding hydrogens is 307 g/mol. The van der Waals surface area contributed by atoms with E-state index in [4.69, 9.17) is 0 Å². The highest BCUT2D eigenvalue weighted by molar-refractivity contribution is 9.10. The van der Waals surface area contributed by atoms with E-state index in [0.717, 1.165) is 17.3 Å². The molecule has 0 unspecified atom stereocenters. The monoisotopic (exact) mass is 328 g/mol. The molecule has 0 radical (unpaired) electrons. The first-order valence-corrected chi connectivity index (χ1v) is 7.88. The van der Waals surface area contributed by atoms with Gasteiger partial charge in [-0.05, 0) is 30.2 Å². The van der Waals surface area contributed by atoms with E-state index in [1.54, 1.807) is 12.1 Å². The standard InChI is InChI=1S/C16H22BrFO/c1-2-3-4-5-6-7-8-15(19)12-13-11-14(17)9-10-16(13)18/h9-11H,2-8,12H2,1H3. The van der Waals surface area contributed by atoms with E-state index in [9.17, 15) is 9.18 Å². The van der Waals surface area contributed by atoms with Crippen LogP contribution in [-0.2, 0) is 11.2 Å². The fourth-order valence-corrected chi connectivity index (χ4v) is 2.49. The van der Waals surface area contributed by atoms with Crippen molar-refractivity contribution in [2.45, 2.75) is 58.3 Å². The lowest BCUT2D eigenvalue weighted by Crippen LogP contribution is -2.04. The maximum atomic E-state index is 13.5. The lowest BCUT2D eigenvalue weighted by atomic mass is 10.0. The first kappa shape index (κ1) is 16.4. The Morgan fingerprint density at radius 2 is 1.84 bits per heavy atom. The summed E-state index contributed by atoms with van der Waals surface area (Å²) in [5.41, 5.74) is 0.491. The van der Waals surface area contributed by atoms with E-state index < -0.39 is 0 Å². The second kappa shape index (κ2) is 9.24. The van der Waals surface area contributed by atoms with Crippen molar-refractivity contribution in [3.63, 3.8) is 0 Å². The van der Waals surface area contributed by atoms with Crippen molar-refractivity contribution in [2.24, 2.45) is 0 Å². The largest absolute Gasteiger partial charge is 0.299 e. The van der Waals surface area contributed by atoms with Crippen LogP contribution < -0.4 is 0 Å². The minimum Gasteiger partial charge on any atom is -0.299 e. The molecular formula is C16H22BrFO. The van der Waals surface area contributed by atoms with Crippen LogP contribution in [0, 0.1) is 5.82 Å². The van der Waals surface area contributed by atoms with Gasteiger partial charge in [0.05, 0.1) is 0 Å². The van der Waals surface area contributed by atoms with Crippen molar-refractivity contribution in [1.29, 1.82) is 0 Å². The SMILES string of the molecule is CCCCCCCCC(=O)Cc1cc(Br)ccc1F. The second-order valence-corrected chi connectivity index (χ2v) is 5.88. The third kappa shape index (κ3) is 6.86. The van der Waals surface area contributed by atoms with Crippen molar-refractivity contribution in [1.82, 2.24) is 0 Å². The average Bonchev–Trinajstić information content (AvgIpc) is 2.38. The van der Waals surface area contributed by atoms with E-state index in [1.165, 1.54) is 31.7 Å². The molecule has 0 saturated carbocycles. The number of carbonyl (C=O) groups excluding carboxylic acids is 1. The highest BCUT2D eigenvalue weighted by atomic mass is 79.9. The molecule has 0 aliphatic carbocycles. The Kier molecular flexibility index (Phi) is 7.96. The minimum atomic E-state index is -0.292. The van der Waals surface area contributed by atoms with Crippen LogP contribution in [-0.4, -0.2) is 5.78 Å². The maximum absolute atomic E-state index is 13.5. The number of Topliss-reactive ketones (excluding diaryl/α,β-unsaturated/α-hetero) is 1. The van der Waals surface area contributed by atoms with E-state index in [1.807, 2.05) is 0 Å². The van der Waals surface area contributed by atoms with Gasteiger partial charge in [-0.25, -0.2) is 4.39 Å². The van der Waals surface area contributed by atoms with Gasteiger partial charge in [-0.3, -0.25) is 4.79 Å². The molecule has 1 rings (SSSR count). The van der Waals surface area contributed by atoms with Crippen molar-refractivity contribution in [3.8, 4) is 0 Å². The van der Waals surface area contributed by atoms with Crippen LogP contribution in [0.1, 0.15) is 57.4 Å². The number of benzene rings is 1. The molecule has 0 atom stereocenters. The van der Waals surface area contributed by atoms with Crippen LogP contribution >= 0.6 is 15.9 Å². The van der Waals surface area contributed by atoms with Crippen molar-refractivity contribution >= 4 is 21.7 Å². The number of ketones is 1.